The van der Waals surface area contributed by atoms with E-state index in [1.54, 1.807) is 12.1 Å². The van der Waals surface area contributed by atoms with Crippen LogP contribution in [0.5, 0.6) is 5.75 Å². The molecule has 3 N–H and O–H groups in total. The van der Waals surface area contributed by atoms with Crippen molar-refractivity contribution >= 4 is 39.7 Å². The van der Waals surface area contributed by atoms with Crippen LogP contribution in [-0.4, -0.2) is 16.1 Å². The number of rotatable bonds is 4. The van der Waals surface area contributed by atoms with Gasteiger partial charge in [-0.3, -0.25) is 10.1 Å². The van der Waals surface area contributed by atoms with Gasteiger partial charge >= 0.3 is 0 Å². The lowest BCUT2D eigenvalue weighted by Gasteiger charge is -2.15. The first-order valence-corrected chi connectivity index (χ1v) is 9.32. The second-order valence-corrected chi connectivity index (χ2v) is 6.96. The van der Waals surface area contributed by atoms with Crippen LogP contribution in [-0.2, 0) is 0 Å². The fourth-order valence-electron chi connectivity index (χ4n) is 2.86. The molecule has 4 nitrogen and oxygen atoms in total. The smallest absolute Gasteiger partial charge is 0.257 e. The molecule has 5 heteroatoms. The van der Waals surface area contributed by atoms with Crippen LogP contribution in [0, 0.1) is 0 Å². The Morgan fingerprint density at radius 3 is 2.56 bits per heavy atom. The summed E-state index contributed by atoms with van der Waals surface area (Å²) in [7, 11) is 0. The van der Waals surface area contributed by atoms with Gasteiger partial charge in [-0.2, -0.15) is 0 Å². The van der Waals surface area contributed by atoms with Crippen LogP contribution in [0.4, 0.5) is 5.69 Å². The highest BCUT2D eigenvalue weighted by molar-refractivity contribution is 7.80. The van der Waals surface area contributed by atoms with E-state index in [2.05, 4.69) is 24.5 Å². The van der Waals surface area contributed by atoms with Crippen LogP contribution in [0.2, 0.25) is 0 Å². The van der Waals surface area contributed by atoms with Crippen molar-refractivity contribution in [2.75, 3.05) is 5.32 Å². The first-order valence-electron chi connectivity index (χ1n) is 8.92. The van der Waals surface area contributed by atoms with Crippen LogP contribution in [0.25, 0.3) is 10.8 Å². The van der Waals surface area contributed by atoms with Gasteiger partial charge in [-0.05, 0) is 65.2 Å². The lowest BCUT2D eigenvalue weighted by atomic mass is 9.98. The van der Waals surface area contributed by atoms with E-state index in [1.807, 2.05) is 48.5 Å². The van der Waals surface area contributed by atoms with Crippen LogP contribution in [0.3, 0.4) is 0 Å². The Kier molecular flexibility index (Phi) is 5.72. The fourth-order valence-corrected chi connectivity index (χ4v) is 3.06. The number of benzene rings is 3. The van der Waals surface area contributed by atoms with Crippen molar-refractivity contribution in [2.45, 2.75) is 26.2 Å². The molecule has 0 aromatic heterocycles. The zero-order valence-corrected chi connectivity index (χ0v) is 16.1. The number of anilines is 1. The highest BCUT2D eigenvalue weighted by atomic mass is 32.1. The summed E-state index contributed by atoms with van der Waals surface area (Å²) in [6.45, 7) is 4.23. The molecule has 0 saturated heterocycles. The second-order valence-electron chi connectivity index (χ2n) is 6.56. The molecule has 0 aliphatic rings. The lowest BCUT2D eigenvalue weighted by molar-refractivity contribution is 0.0978. The molecule has 3 aromatic rings. The van der Waals surface area contributed by atoms with Crippen LogP contribution < -0.4 is 10.6 Å². The number of thiocarbonyl (C=S) groups is 1. The molecule has 1 atom stereocenters. The maximum atomic E-state index is 12.5. The van der Waals surface area contributed by atoms with Gasteiger partial charge in [0.1, 0.15) is 5.75 Å². The topological polar surface area (TPSA) is 61.4 Å². The number of carbonyl (C=O) groups is 1. The SMILES string of the molecule is CCC(C)c1ccc(O)c(NC(=S)NC(=O)c2ccc3ccccc3c2)c1. The van der Waals surface area contributed by atoms with Crippen molar-refractivity contribution in [3.8, 4) is 5.75 Å². The zero-order valence-electron chi connectivity index (χ0n) is 15.3. The van der Waals surface area contributed by atoms with Crippen molar-refractivity contribution in [1.29, 1.82) is 0 Å². The van der Waals surface area contributed by atoms with Gasteiger partial charge < -0.3 is 10.4 Å². The molecule has 3 aromatic carbocycles. The number of phenolic OH excluding ortho intramolecular Hbond substituents is 1. The largest absolute Gasteiger partial charge is 0.506 e. The Morgan fingerprint density at radius 1 is 1.07 bits per heavy atom. The normalized spacial score (nSPS) is 11.8. The molecule has 0 spiro atoms. The molecule has 0 saturated carbocycles. The lowest BCUT2D eigenvalue weighted by Crippen LogP contribution is -2.34. The van der Waals surface area contributed by atoms with Crippen molar-refractivity contribution in [3.63, 3.8) is 0 Å². The van der Waals surface area contributed by atoms with E-state index in [0.29, 0.717) is 17.2 Å². The molecular formula is C22H22N2O2S. The number of hydrogen-bond acceptors (Lipinski definition) is 3. The standard InChI is InChI=1S/C22H22N2O2S/c1-3-14(2)16-10-11-20(25)19(13-16)23-22(27)24-21(26)18-9-8-15-6-4-5-7-17(15)12-18/h4-14,25H,3H2,1-2H3,(H2,23,24,26,27). The molecule has 3 rings (SSSR count). The molecule has 0 bridgehead atoms. The molecule has 0 aliphatic heterocycles. The number of fused-ring (bicyclic) bond motifs is 1. The van der Waals surface area contributed by atoms with E-state index < -0.39 is 0 Å². The number of amides is 1. The van der Waals surface area contributed by atoms with Gasteiger partial charge in [0.15, 0.2) is 5.11 Å². The highest BCUT2D eigenvalue weighted by Gasteiger charge is 2.12. The predicted octanol–water partition coefficient (Wildman–Crippen LogP) is 5.19. The van der Waals surface area contributed by atoms with Gasteiger partial charge in [0.25, 0.3) is 5.91 Å². The van der Waals surface area contributed by atoms with E-state index in [1.165, 1.54) is 0 Å². The Morgan fingerprint density at radius 2 is 1.81 bits per heavy atom. The van der Waals surface area contributed by atoms with Crippen LogP contribution in [0.15, 0.2) is 60.7 Å². The molecule has 0 aliphatic carbocycles. The quantitative estimate of drug-likeness (QED) is 0.432. The van der Waals surface area contributed by atoms with E-state index in [0.717, 1.165) is 22.8 Å². The summed E-state index contributed by atoms with van der Waals surface area (Å²) in [5, 5.41) is 17.9. The zero-order chi connectivity index (χ0) is 19.4. The van der Waals surface area contributed by atoms with Crippen molar-refractivity contribution in [1.82, 2.24) is 5.32 Å². The number of aromatic hydroxyl groups is 1. The van der Waals surface area contributed by atoms with Crippen molar-refractivity contribution < 1.29 is 9.90 Å². The maximum absolute atomic E-state index is 12.5. The molecular weight excluding hydrogens is 356 g/mol. The average Bonchev–Trinajstić information content (AvgIpc) is 2.68. The van der Waals surface area contributed by atoms with Crippen molar-refractivity contribution in [2.24, 2.45) is 0 Å². The monoisotopic (exact) mass is 378 g/mol. The Balaban J connectivity index is 1.72. The summed E-state index contributed by atoms with van der Waals surface area (Å²) in [5.74, 6) is 0.159. The Hall–Kier alpha value is -2.92. The Labute approximate surface area is 164 Å². The molecule has 1 unspecified atom stereocenters. The first kappa shape index (κ1) is 18.9. The van der Waals surface area contributed by atoms with Gasteiger partial charge in [0.05, 0.1) is 5.69 Å². The third-order valence-corrected chi connectivity index (χ3v) is 4.89. The minimum atomic E-state index is -0.296. The van der Waals surface area contributed by atoms with Crippen molar-refractivity contribution in [3.05, 3.63) is 71.8 Å². The minimum Gasteiger partial charge on any atom is -0.506 e. The predicted molar refractivity (Wildman–Crippen MR) is 114 cm³/mol. The second kappa shape index (κ2) is 8.18. The van der Waals surface area contributed by atoms with Gasteiger partial charge in [0, 0.05) is 5.56 Å². The van der Waals surface area contributed by atoms with Gasteiger partial charge in [-0.1, -0.05) is 50.2 Å². The average molecular weight is 378 g/mol. The molecule has 0 radical (unpaired) electrons. The maximum Gasteiger partial charge on any atom is 0.257 e. The summed E-state index contributed by atoms with van der Waals surface area (Å²) in [4.78, 5) is 12.5. The van der Waals surface area contributed by atoms with E-state index in [-0.39, 0.29) is 16.8 Å². The van der Waals surface area contributed by atoms with Gasteiger partial charge in [0.2, 0.25) is 0 Å². The Bertz CT molecular complexity index is 1000. The number of nitrogens with one attached hydrogen (secondary N) is 2. The highest BCUT2D eigenvalue weighted by Crippen LogP contribution is 2.29. The number of carbonyl (C=O) groups excluding carboxylic acids is 1. The molecule has 0 heterocycles. The summed E-state index contributed by atoms with van der Waals surface area (Å²) in [6, 6.07) is 18.7. The van der Waals surface area contributed by atoms with Gasteiger partial charge in [-0.25, -0.2) is 0 Å². The van der Waals surface area contributed by atoms with E-state index >= 15 is 0 Å². The first-order chi connectivity index (χ1) is 13.0. The van der Waals surface area contributed by atoms with Gasteiger partial charge in [-0.15, -0.1) is 0 Å². The molecule has 27 heavy (non-hydrogen) atoms. The summed E-state index contributed by atoms with van der Waals surface area (Å²) in [6.07, 6.45) is 0.993. The molecule has 1 amide bonds. The van der Waals surface area contributed by atoms with Crippen LogP contribution in [0.1, 0.15) is 42.1 Å². The fraction of sp³-hybridized carbons (Fsp3) is 0.182. The molecule has 0 fully saturated rings. The summed E-state index contributed by atoms with van der Waals surface area (Å²) in [5.41, 5.74) is 2.11. The minimum absolute atomic E-state index is 0.0874. The number of phenols is 1. The summed E-state index contributed by atoms with van der Waals surface area (Å²) >= 11 is 5.25. The van der Waals surface area contributed by atoms with Crippen LogP contribution >= 0.6 is 12.2 Å². The molecule has 138 valence electrons. The third kappa shape index (κ3) is 4.44. The summed E-state index contributed by atoms with van der Waals surface area (Å²) < 4.78 is 0. The van der Waals surface area contributed by atoms with E-state index in [9.17, 15) is 9.90 Å². The third-order valence-electron chi connectivity index (χ3n) is 4.69. The number of hydrogen-bond donors (Lipinski definition) is 3. The van der Waals surface area contributed by atoms with E-state index in [4.69, 9.17) is 12.2 Å².